The number of ether oxygens (including phenoxy) is 3. The molecule has 1 aliphatic rings. The second-order valence-electron chi connectivity index (χ2n) is 7.98. The highest BCUT2D eigenvalue weighted by Crippen LogP contribution is 2.26. The number of amides is 2. The van der Waals surface area contributed by atoms with Crippen LogP contribution in [-0.4, -0.2) is 49.6 Å². The third-order valence-corrected chi connectivity index (χ3v) is 5.80. The average molecular weight is 441 g/mol. The predicted molar refractivity (Wildman–Crippen MR) is 122 cm³/mol. The van der Waals surface area contributed by atoms with Crippen LogP contribution in [0.5, 0.6) is 17.2 Å². The molecule has 2 aromatic rings. The molecule has 0 heterocycles. The van der Waals surface area contributed by atoms with E-state index in [1.165, 1.54) is 0 Å². The van der Waals surface area contributed by atoms with Crippen molar-refractivity contribution in [1.29, 1.82) is 0 Å². The molecule has 0 aliphatic heterocycles. The summed E-state index contributed by atoms with van der Waals surface area (Å²) >= 11 is 0. The van der Waals surface area contributed by atoms with Crippen LogP contribution in [0.25, 0.3) is 0 Å². The Bertz CT molecular complexity index is 893. The van der Waals surface area contributed by atoms with Crippen molar-refractivity contribution < 1.29 is 23.8 Å². The van der Waals surface area contributed by atoms with Crippen molar-refractivity contribution in [2.24, 2.45) is 0 Å². The summed E-state index contributed by atoms with van der Waals surface area (Å²) < 4.78 is 16.2. The molecule has 1 unspecified atom stereocenters. The maximum absolute atomic E-state index is 13.2. The lowest BCUT2D eigenvalue weighted by atomic mass is 10.1. The molecule has 0 aromatic heterocycles. The zero-order valence-electron chi connectivity index (χ0n) is 19.0. The Hall–Kier alpha value is -3.22. The normalized spacial score (nSPS) is 14.5. The largest absolute Gasteiger partial charge is 0.497 e. The minimum absolute atomic E-state index is 0.143. The lowest BCUT2D eigenvalue weighted by Gasteiger charge is -2.29. The van der Waals surface area contributed by atoms with E-state index >= 15 is 0 Å². The number of hydrogen-bond acceptors (Lipinski definition) is 5. The van der Waals surface area contributed by atoms with Gasteiger partial charge in [0.25, 0.3) is 5.91 Å². The Morgan fingerprint density at radius 3 is 2.28 bits per heavy atom. The van der Waals surface area contributed by atoms with E-state index in [-0.39, 0.29) is 31.0 Å². The molecule has 2 amide bonds. The minimum atomic E-state index is -0.633. The number of methoxy groups -OCH3 is 2. The van der Waals surface area contributed by atoms with E-state index in [0.29, 0.717) is 11.5 Å². The third kappa shape index (κ3) is 6.15. The molecule has 0 bridgehead atoms. The molecule has 172 valence electrons. The van der Waals surface area contributed by atoms with Crippen LogP contribution in [0, 0.1) is 0 Å². The Morgan fingerprint density at radius 1 is 1.00 bits per heavy atom. The SMILES string of the molecule is COc1ccc(CN(C(=O)COc2ccccc2OC)C(C)C(=O)NC2CCCC2)cc1. The molecule has 1 saturated carbocycles. The van der Waals surface area contributed by atoms with Crippen molar-refractivity contribution in [2.45, 2.75) is 51.2 Å². The molecule has 7 heteroatoms. The van der Waals surface area contributed by atoms with Gasteiger partial charge >= 0.3 is 0 Å². The van der Waals surface area contributed by atoms with E-state index in [1.807, 2.05) is 36.4 Å². The number of hydrogen-bond donors (Lipinski definition) is 1. The molecule has 1 fully saturated rings. The average Bonchev–Trinajstić information content (AvgIpc) is 3.34. The van der Waals surface area contributed by atoms with Gasteiger partial charge in [0.05, 0.1) is 14.2 Å². The second kappa shape index (κ2) is 11.4. The van der Waals surface area contributed by atoms with Crippen molar-refractivity contribution in [3.63, 3.8) is 0 Å². The zero-order chi connectivity index (χ0) is 22.9. The summed E-state index contributed by atoms with van der Waals surface area (Å²) in [6.07, 6.45) is 4.23. The molecular weight excluding hydrogens is 408 g/mol. The first-order valence-electron chi connectivity index (χ1n) is 11.0. The minimum Gasteiger partial charge on any atom is -0.497 e. The standard InChI is InChI=1S/C25H32N2O5/c1-18(25(29)26-20-8-4-5-9-20)27(16-19-12-14-21(30-2)15-13-19)24(28)17-32-23-11-7-6-10-22(23)31-3/h6-7,10-15,18,20H,4-5,8-9,16-17H2,1-3H3,(H,26,29). The molecule has 32 heavy (non-hydrogen) atoms. The van der Waals surface area contributed by atoms with Gasteiger partial charge in [-0.3, -0.25) is 9.59 Å². The third-order valence-electron chi connectivity index (χ3n) is 5.80. The van der Waals surface area contributed by atoms with Crippen LogP contribution >= 0.6 is 0 Å². The highest BCUT2D eigenvalue weighted by atomic mass is 16.5. The van der Waals surface area contributed by atoms with Gasteiger partial charge in [-0.25, -0.2) is 0 Å². The number of rotatable bonds is 10. The predicted octanol–water partition coefficient (Wildman–Crippen LogP) is 3.56. The fraction of sp³-hybridized carbons (Fsp3) is 0.440. The van der Waals surface area contributed by atoms with Crippen LogP contribution < -0.4 is 19.5 Å². The van der Waals surface area contributed by atoms with Gasteiger partial charge in [0.2, 0.25) is 5.91 Å². The van der Waals surface area contributed by atoms with E-state index in [1.54, 1.807) is 38.2 Å². The van der Waals surface area contributed by atoms with Crippen molar-refractivity contribution in [3.8, 4) is 17.2 Å². The van der Waals surface area contributed by atoms with Gasteiger partial charge < -0.3 is 24.4 Å². The van der Waals surface area contributed by atoms with Gasteiger partial charge in [0.1, 0.15) is 11.8 Å². The lowest BCUT2D eigenvalue weighted by Crippen LogP contribution is -2.50. The molecular formula is C25H32N2O5. The highest BCUT2D eigenvalue weighted by Gasteiger charge is 2.29. The van der Waals surface area contributed by atoms with Crippen LogP contribution in [0.3, 0.4) is 0 Å². The molecule has 2 aromatic carbocycles. The second-order valence-corrected chi connectivity index (χ2v) is 7.98. The van der Waals surface area contributed by atoms with Crippen molar-refractivity contribution in [2.75, 3.05) is 20.8 Å². The summed E-state index contributed by atoms with van der Waals surface area (Å²) in [5, 5.41) is 3.10. The smallest absolute Gasteiger partial charge is 0.261 e. The molecule has 7 nitrogen and oxygen atoms in total. The molecule has 3 rings (SSSR count). The Labute approximate surface area is 189 Å². The first-order valence-corrected chi connectivity index (χ1v) is 11.0. The molecule has 1 atom stereocenters. The molecule has 0 radical (unpaired) electrons. The summed E-state index contributed by atoms with van der Waals surface area (Å²) in [5.74, 6) is 1.35. The van der Waals surface area contributed by atoms with Crippen LogP contribution in [-0.2, 0) is 16.1 Å². The van der Waals surface area contributed by atoms with E-state index < -0.39 is 6.04 Å². The van der Waals surface area contributed by atoms with Crippen LogP contribution in [0.15, 0.2) is 48.5 Å². The number of carbonyl (C=O) groups is 2. The lowest BCUT2D eigenvalue weighted by molar-refractivity contribution is -0.142. The molecule has 0 spiro atoms. The van der Waals surface area contributed by atoms with E-state index in [0.717, 1.165) is 37.0 Å². The van der Waals surface area contributed by atoms with E-state index in [4.69, 9.17) is 14.2 Å². The van der Waals surface area contributed by atoms with Crippen LogP contribution in [0.2, 0.25) is 0 Å². The number of para-hydroxylation sites is 2. The number of carbonyl (C=O) groups excluding carboxylic acids is 2. The Balaban J connectivity index is 1.72. The van der Waals surface area contributed by atoms with Gasteiger partial charge in [0.15, 0.2) is 18.1 Å². The van der Waals surface area contributed by atoms with E-state index in [2.05, 4.69) is 5.32 Å². The fourth-order valence-electron chi connectivity index (χ4n) is 3.86. The van der Waals surface area contributed by atoms with Crippen LogP contribution in [0.1, 0.15) is 38.2 Å². The number of benzene rings is 2. The van der Waals surface area contributed by atoms with Crippen molar-refractivity contribution >= 4 is 11.8 Å². The van der Waals surface area contributed by atoms with Crippen molar-refractivity contribution in [1.82, 2.24) is 10.2 Å². The zero-order valence-corrected chi connectivity index (χ0v) is 19.0. The van der Waals surface area contributed by atoms with Crippen molar-refractivity contribution in [3.05, 3.63) is 54.1 Å². The van der Waals surface area contributed by atoms with Gasteiger partial charge in [-0.2, -0.15) is 0 Å². The summed E-state index contributed by atoms with van der Waals surface area (Å²) in [6.45, 7) is 1.85. The summed E-state index contributed by atoms with van der Waals surface area (Å²) in [7, 11) is 3.16. The fourth-order valence-corrected chi connectivity index (χ4v) is 3.86. The maximum atomic E-state index is 13.2. The first-order chi connectivity index (χ1) is 15.5. The Kier molecular flexibility index (Phi) is 8.36. The van der Waals surface area contributed by atoms with Gasteiger partial charge in [0, 0.05) is 12.6 Å². The highest BCUT2D eigenvalue weighted by molar-refractivity contribution is 5.88. The molecule has 1 N–H and O–H groups in total. The quantitative estimate of drug-likeness (QED) is 0.611. The first kappa shape index (κ1) is 23.4. The van der Waals surface area contributed by atoms with Gasteiger partial charge in [-0.1, -0.05) is 37.1 Å². The van der Waals surface area contributed by atoms with Crippen LogP contribution in [0.4, 0.5) is 0 Å². The number of nitrogens with zero attached hydrogens (tertiary/aromatic N) is 1. The maximum Gasteiger partial charge on any atom is 0.261 e. The Morgan fingerprint density at radius 2 is 1.66 bits per heavy atom. The van der Waals surface area contributed by atoms with Gasteiger partial charge in [-0.05, 0) is 49.6 Å². The topological polar surface area (TPSA) is 77.1 Å². The molecule has 1 aliphatic carbocycles. The molecule has 0 saturated heterocycles. The van der Waals surface area contributed by atoms with E-state index in [9.17, 15) is 9.59 Å². The summed E-state index contributed by atoms with van der Waals surface area (Å²) in [5.41, 5.74) is 0.900. The monoisotopic (exact) mass is 440 g/mol. The number of nitrogens with one attached hydrogen (secondary N) is 1. The summed E-state index contributed by atoms with van der Waals surface area (Å²) in [4.78, 5) is 27.7. The van der Waals surface area contributed by atoms with Gasteiger partial charge in [-0.15, -0.1) is 0 Å². The summed E-state index contributed by atoms with van der Waals surface area (Å²) in [6, 6.07) is 14.2.